The van der Waals surface area contributed by atoms with Crippen LogP contribution in [0.25, 0.3) is 55.4 Å². The van der Waals surface area contributed by atoms with Gasteiger partial charge in [0.2, 0.25) is 0 Å². The minimum atomic E-state index is 0.924. The number of H-pyrrole nitrogens is 2. The highest BCUT2D eigenvalue weighted by Crippen LogP contribution is 2.35. The number of hydrogen-bond acceptors (Lipinski definition) is 4. The molecule has 0 amide bonds. The van der Waals surface area contributed by atoms with Gasteiger partial charge in [-0.2, -0.15) is 5.10 Å². The van der Waals surface area contributed by atoms with E-state index in [0.717, 1.165) is 50.9 Å². The van der Waals surface area contributed by atoms with Crippen LogP contribution in [0.3, 0.4) is 0 Å². The lowest BCUT2D eigenvalue weighted by Gasteiger charge is -2.14. The monoisotopic (exact) mass is 498 g/mol. The highest BCUT2D eigenvalue weighted by Gasteiger charge is 2.15. The highest BCUT2D eigenvalue weighted by molar-refractivity contribution is 6.01. The van der Waals surface area contributed by atoms with Gasteiger partial charge >= 0.3 is 0 Å². The lowest BCUT2D eigenvalue weighted by molar-refractivity contribution is 0.334. The van der Waals surface area contributed by atoms with Crippen molar-refractivity contribution < 1.29 is 0 Å². The number of pyridine rings is 2. The van der Waals surface area contributed by atoms with Gasteiger partial charge in [0.05, 0.1) is 11.2 Å². The van der Waals surface area contributed by atoms with E-state index in [4.69, 9.17) is 5.10 Å². The summed E-state index contributed by atoms with van der Waals surface area (Å²) in [5, 5.41) is 10.2. The van der Waals surface area contributed by atoms with Gasteiger partial charge in [-0.25, -0.2) is 0 Å². The lowest BCUT2D eigenvalue weighted by atomic mass is 10.0. The van der Waals surface area contributed by atoms with Gasteiger partial charge in [-0.15, -0.1) is 0 Å². The molecule has 0 radical (unpaired) electrons. The molecule has 4 aromatic heterocycles. The Morgan fingerprint density at radius 2 is 1.66 bits per heavy atom. The Balaban J connectivity index is 1.20. The van der Waals surface area contributed by atoms with Crippen LogP contribution >= 0.6 is 0 Å². The SMILES string of the molecule is c1cc(-c2ccncc2)c2cc(-c3n[nH]c4ccc(-c5cncc(CCCN6CCCC6)c5)cc34)[nH]c2c1. The fourth-order valence-electron chi connectivity index (χ4n) is 5.76. The predicted octanol–water partition coefficient (Wildman–Crippen LogP) is 6.86. The molecular formula is C32H30N6. The number of aryl methyl sites for hydroxylation is 1. The van der Waals surface area contributed by atoms with Gasteiger partial charge in [0.15, 0.2) is 0 Å². The standard InChI is InChI=1S/C32H30N6/c1-2-15-38(14-1)16-4-5-22-17-25(21-34-20-22)24-8-9-30-28(18-24)32(37-36-30)31-19-27-26(6-3-7-29(27)35-31)23-10-12-33-13-11-23/h3,6-13,17-21,35H,1-2,4-5,14-16H2,(H,36,37). The van der Waals surface area contributed by atoms with Crippen LogP contribution in [0.1, 0.15) is 24.8 Å². The predicted molar refractivity (Wildman–Crippen MR) is 154 cm³/mol. The molecule has 2 aromatic carbocycles. The summed E-state index contributed by atoms with van der Waals surface area (Å²) in [5.41, 5.74) is 9.97. The van der Waals surface area contributed by atoms with Crippen LogP contribution in [0.15, 0.2) is 85.5 Å². The van der Waals surface area contributed by atoms with Crippen molar-refractivity contribution >= 4 is 21.8 Å². The van der Waals surface area contributed by atoms with Crippen LogP contribution in [-0.2, 0) is 6.42 Å². The first-order chi connectivity index (χ1) is 18.8. The van der Waals surface area contributed by atoms with Crippen molar-refractivity contribution in [3.63, 3.8) is 0 Å². The third-order valence-corrected chi connectivity index (χ3v) is 7.74. The fourth-order valence-corrected chi connectivity index (χ4v) is 5.76. The third-order valence-electron chi connectivity index (χ3n) is 7.74. The van der Waals surface area contributed by atoms with E-state index in [9.17, 15) is 0 Å². The van der Waals surface area contributed by atoms with Gasteiger partial charge in [-0.3, -0.25) is 15.1 Å². The molecule has 0 unspecified atom stereocenters. The largest absolute Gasteiger partial charge is 0.353 e. The van der Waals surface area contributed by atoms with Crippen molar-refractivity contribution in [1.29, 1.82) is 0 Å². The van der Waals surface area contributed by atoms with Crippen molar-refractivity contribution in [1.82, 2.24) is 30.0 Å². The molecule has 6 nitrogen and oxygen atoms in total. The van der Waals surface area contributed by atoms with Gasteiger partial charge in [0.25, 0.3) is 0 Å². The molecule has 6 heteroatoms. The summed E-state index contributed by atoms with van der Waals surface area (Å²) in [6.45, 7) is 3.70. The number of aromatic amines is 2. The summed E-state index contributed by atoms with van der Waals surface area (Å²) in [6, 6.07) is 21.5. The Hall–Kier alpha value is -4.29. The molecule has 0 spiro atoms. The molecule has 1 aliphatic rings. The summed E-state index contributed by atoms with van der Waals surface area (Å²) in [4.78, 5) is 14.9. The first-order valence-corrected chi connectivity index (χ1v) is 13.5. The third kappa shape index (κ3) is 4.37. The van der Waals surface area contributed by atoms with Crippen molar-refractivity contribution in [2.24, 2.45) is 0 Å². The van der Waals surface area contributed by atoms with Crippen LogP contribution in [0.5, 0.6) is 0 Å². The minimum Gasteiger partial charge on any atom is -0.353 e. The first kappa shape index (κ1) is 22.9. The number of aromatic nitrogens is 5. The molecule has 0 aliphatic carbocycles. The second-order valence-corrected chi connectivity index (χ2v) is 10.3. The summed E-state index contributed by atoms with van der Waals surface area (Å²) in [5.74, 6) is 0. The maximum atomic E-state index is 4.71. The number of benzene rings is 2. The summed E-state index contributed by atoms with van der Waals surface area (Å²) < 4.78 is 0. The van der Waals surface area contributed by atoms with Gasteiger partial charge in [-0.05, 0) is 110 Å². The van der Waals surface area contributed by atoms with E-state index in [1.807, 2.05) is 36.9 Å². The fraction of sp³-hybridized carbons (Fsp3) is 0.219. The number of hydrogen-bond donors (Lipinski definition) is 2. The number of nitrogens with zero attached hydrogens (tertiary/aromatic N) is 4. The van der Waals surface area contributed by atoms with E-state index < -0.39 is 0 Å². The number of likely N-dealkylation sites (tertiary alicyclic amines) is 1. The molecule has 1 aliphatic heterocycles. The van der Waals surface area contributed by atoms with E-state index in [0.29, 0.717) is 0 Å². The van der Waals surface area contributed by atoms with Crippen molar-refractivity contribution in [3.05, 3.63) is 91.0 Å². The van der Waals surface area contributed by atoms with E-state index in [1.54, 1.807) is 0 Å². The second kappa shape index (κ2) is 9.88. The molecule has 7 rings (SSSR count). The Morgan fingerprint density at radius 1 is 0.763 bits per heavy atom. The first-order valence-electron chi connectivity index (χ1n) is 13.5. The highest BCUT2D eigenvalue weighted by atomic mass is 15.1. The maximum absolute atomic E-state index is 4.71. The Kier molecular flexibility index (Phi) is 5.94. The van der Waals surface area contributed by atoms with Gasteiger partial charge < -0.3 is 9.88 Å². The normalized spacial score (nSPS) is 14.1. The van der Waals surface area contributed by atoms with Gasteiger partial charge in [0, 0.05) is 46.6 Å². The van der Waals surface area contributed by atoms with E-state index >= 15 is 0 Å². The molecule has 38 heavy (non-hydrogen) atoms. The van der Waals surface area contributed by atoms with Gasteiger partial charge in [-0.1, -0.05) is 18.2 Å². The molecule has 5 heterocycles. The zero-order chi connectivity index (χ0) is 25.3. The Bertz CT molecular complexity index is 1710. The van der Waals surface area contributed by atoms with E-state index in [1.165, 1.54) is 55.4 Å². The van der Waals surface area contributed by atoms with Crippen molar-refractivity contribution in [2.45, 2.75) is 25.7 Å². The summed E-state index contributed by atoms with van der Waals surface area (Å²) in [6.07, 6.45) is 12.6. The number of nitrogens with one attached hydrogen (secondary N) is 2. The Labute approximate surface area is 221 Å². The topological polar surface area (TPSA) is 73.5 Å². The van der Waals surface area contributed by atoms with Crippen LogP contribution in [0.2, 0.25) is 0 Å². The lowest BCUT2D eigenvalue weighted by Crippen LogP contribution is -2.20. The molecule has 1 fully saturated rings. The molecular weight excluding hydrogens is 468 g/mol. The Morgan fingerprint density at radius 3 is 2.55 bits per heavy atom. The van der Waals surface area contributed by atoms with Crippen LogP contribution < -0.4 is 0 Å². The molecule has 2 N–H and O–H groups in total. The molecule has 1 saturated heterocycles. The molecule has 6 aromatic rings. The van der Waals surface area contributed by atoms with Crippen molar-refractivity contribution in [2.75, 3.05) is 19.6 Å². The van der Waals surface area contributed by atoms with Gasteiger partial charge in [0.1, 0.15) is 5.69 Å². The average molecular weight is 499 g/mol. The smallest absolute Gasteiger partial charge is 0.116 e. The maximum Gasteiger partial charge on any atom is 0.116 e. The molecule has 0 bridgehead atoms. The second-order valence-electron chi connectivity index (χ2n) is 10.3. The van der Waals surface area contributed by atoms with E-state index in [2.05, 4.69) is 73.5 Å². The quantitative estimate of drug-likeness (QED) is 0.252. The zero-order valence-electron chi connectivity index (χ0n) is 21.3. The van der Waals surface area contributed by atoms with E-state index in [-0.39, 0.29) is 0 Å². The molecule has 0 saturated carbocycles. The molecule has 188 valence electrons. The van der Waals surface area contributed by atoms with Crippen LogP contribution in [-0.4, -0.2) is 49.7 Å². The summed E-state index contributed by atoms with van der Waals surface area (Å²) in [7, 11) is 0. The van der Waals surface area contributed by atoms with Crippen molar-refractivity contribution in [3.8, 4) is 33.6 Å². The van der Waals surface area contributed by atoms with Crippen LogP contribution in [0.4, 0.5) is 0 Å². The summed E-state index contributed by atoms with van der Waals surface area (Å²) >= 11 is 0. The average Bonchev–Trinajstić information content (AvgIpc) is 3.73. The number of rotatable bonds is 7. The number of fused-ring (bicyclic) bond motifs is 2. The zero-order valence-corrected chi connectivity index (χ0v) is 21.3. The minimum absolute atomic E-state index is 0.924. The molecule has 0 atom stereocenters. The van der Waals surface area contributed by atoms with Crippen LogP contribution in [0, 0.1) is 0 Å².